The van der Waals surface area contributed by atoms with E-state index in [4.69, 9.17) is 38.9 Å². The fourth-order valence-electron chi connectivity index (χ4n) is 21.7. The van der Waals surface area contributed by atoms with E-state index in [0.29, 0.717) is 96.6 Å². The molecule has 14 fully saturated rings. The van der Waals surface area contributed by atoms with Crippen LogP contribution in [0.25, 0.3) is 0 Å². The van der Waals surface area contributed by atoms with Crippen LogP contribution in [0.15, 0.2) is 48.6 Å². The lowest BCUT2D eigenvalue weighted by Gasteiger charge is -2.45. The summed E-state index contributed by atoms with van der Waals surface area (Å²) in [7, 11) is -6.71. The molecule has 0 aromatic heterocycles. The van der Waals surface area contributed by atoms with Crippen LogP contribution in [0.1, 0.15) is 298 Å². The highest BCUT2D eigenvalue weighted by molar-refractivity contribution is 7.30. The highest BCUT2D eigenvalue weighted by Crippen LogP contribution is 2.66. The first-order chi connectivity index (χ1) is 45.5. The number of carbonyl (C=O) groups excluding carboxylic acids is 3. The third-order valence-corrected chi connectivity index (χ3v) is 28.8. The van der Waals surface area contributed by atoms with Crippen LogP contribution in [-0.4, -0.2) is 78.5 Å². The first kappa shape index (κ1) is 82.7. The minimum absolute atomic E-state index is 0. The zero-order valence-electron chi connectivity index (χ0n) is 63.5. The molecule has 98 heavy (non-hydrogen) atoms. The van der Waals surface area contributed by atoms with Crippen LogP contribution in [0.5, 0.6) is 0 Å². The van der Waals surface area contributed by atoms with Crippen LogP contribution >= 0.6 is 8.25 Å². The monoisotopic (exact) mass is 1400 g/mol. The van der Waals surface area contributed by atoms with E-state index < -0.39 is 21.8 Å². The van der Waals surface area contributed by atoms with Gasteiger partial charge in [0.15, 0.2) is 5.79 Å². The van der Waals surface area contributed by atoms with Gasteiger partial charge in [0.1, 0.15) is 11.6 Å². The second-order valence-corrected chi connectivity index (χ2v) is 37.9. The summed E-state index contributed by atoms with van der Waals surface area (Å²) in [6.07, 6.45) is 48.0. The van der Waals surface area contributed by atoms with Crippen molar-refractivity contribution >= 4 is 33.3 Å². The largest absolute Gasteiger partial charge is 0.762 e. The van der Waals surface area contributed by atoms with Gasteiger partial charge in [-0.15, -0.1) is 13.2 Å². The van der Waals surface area contributed by atoms with Crippen LogP contribution in [0, 0.1) is 96.1 Å². The fourth-order valence-corrected chi connectivity index (χ4v) is 21.7. The van der Waals surface area contributed by atoms with Gasteiger partial charge in [0.2, 0.25) is 0 Å². The Morgan fingerprint density at radius 3 is 1.78 bits per heavy atom. The minimum atomic E-state index is -3.67. The molecule has 18 heteroatoms. The Labute approximate surface area is 592 Å². The number of carbonyl (C=O) groups is 3. The highest BCUT2D eigenvalue weighted by Gasteiger charge is 2.66. The number of hydrogen-bond donors (Lipinski definition) is 2. The van der Waals surface area contributed by atoms with Crippen LogP contribution in [-0.2, 0) is 47.5 Å². The molecule has 0 aromatic carbocycles. The second kappa shape index (κ2) is 32.8. The van der Waals surface area contributed by atoms with E-state index in [1.807, 2.05) is 6.08 Å². The summed E-state index contributed by atoms with van der Waals surface area (Å²) in [4.78, 5) is 45.0. The smallest absolute Gasteiger partial charge is 0.565 e. The van der Waals surface area contributed by atoms with E-state index in [0.717, 1.165) is 75.4 Å². The number of halogens is 3. The molecule has 22 atom stereocenters. The molecule has 16 rings (SSSR count). The second-order valence-electron chi connectivity index (χ2n) is 37.3. The Kier molecular flexibility index (Phi) is 27.7. The number of epoxide rings is 1. The summed E-state index contributed by atoms with van der Waals surface area (Å²) in [5.41, 5.74) is 7.57. The Bertz CT molecular complexity index is 2820. The first-order valence-corrected chi connectivity index (χ1v) is 39.1. The molecule has 3 saturated heterocycles. The summed E-state index contributed by atoms with van der Waals surface area (Å²) >= 11 is 0. The average Bonchev–Trinajstić information content (AvgIpc) is 1.53. The molecule has 12 bridgehead atoms. The highest BCUT2D eigenvalue weighted by atomic mass is 31.1. The van der Waals surface area contributed by atoms with Gasteiger partial charge in [0, 0.05) is 49.5 Å². The van der Waals surface area contributed by atoms with Gasteiger partial charge in [-0.2, -0.15) is 5.26 Å². The Balaban J connectivity index is 0.000000177. The lowest BCUT2D eigenvalue weighted by atomic mass is 9.62. The van der Waals surface area contributed by atoms with Gasteiger partial charge in [-0.1, -0.05) is 112 Å². The molecule has 13 nitrogen and oxygen atoms in total. The van der Waals surface area contributed by atoms with Crippen LogP contribution < -0.4 is 4.89 Å². The molecule has 11 saturated carbocycles. The SMILES string of the molecule is C=CC1(C)CC=C(C)CC1.C=CCC1(C)C(=O)CC2(C)CCC1C2.CC(=O)OO.CC12CCC(C1)C1(C)OC1C2.CC1=CCC2(C)CCC1C2.CC1C(=O)CC2(C)CCC1C2.CC1C2CCC(C)(C2)CC12OCCO2.CC1CC2(C)C3CCC(C)(C3)CC2O1.FB(F)F.O=[P+]([O-])OO.[HH]. The number of allylic oxidation sites excluding steroid dienone is 6. The van der Waals surface area contributed by atoms with Crippen molar-refractivity contribution in [2.45, 2.75) is 327 Å². The van der Waals surface area contributed by atoms with Crippen molar-refractivity contribution in [1.29, 1.82) is 0 Å². The average molecular weight is 1400 g/mol. The van der Waals surface area contributed by atoms with Crippen molar-refractivity contribution in [3.63, 3.8) is 0 Å². The number of Topliss-reactive ketones (excluding diaryl/α,β-unsaturated/α-hetero) is 2. The molecule has 560 valence electrons. The van der Waals surface area contributed by atoms with E-state index in [9.17, 15) is 27.3 Å². The maximum absolute atomic E-state index is 12.1. The number of rotatable bonds is 4. The Morgan fingerprint density at radius 2 is 1.20 bits per heavy atom. The molecular formula is C80H133BF3O13P. The van der Waals surface area contributed by atoms with Gasteiger partial charge in [0.05, 0.1) is 37.1 Å². The normalized spacial score (nSPS) is 44.8. The molecular weight excluding hydrogens is 1270 g/mol. The van der Waals surface area contributed by atoms with E-state index in [1.165, 1.54) is 161 Å². The Hall–Kier alpha value is -2.60. The lowest BCUT2D eigenvalue weighted by Crippen LogP contribution is -2.47. The number of fused-ring (bicyclic) bond motifs is 16. The molecule has 16 aliphatic rings. The van der Waals surface area contributed by atoms with Crippen molar-refractivity contribution in [3.05, 3.63) is 48.6 Å². The van der Waals surface area contributed by atoms with E-state index in [-0.39, 0.29) is 12.6 Å². The zero-order valence-corrected chi connectivity index (χ0v) is 64.4. The lowest BCUT2D eigenvalue weighted by molar-refractivity contribution is -0.244. The van der Waals surface area contributed by atoms with Crippen LogP contribution in [0.4, 0.5) is 12.9 Å². The van der Waals surface area contributed by atoms with Crippen molar-refractivity contribution < 1.29 is 77.2 Å². The third kappa shape index (κ3) is 20.5. The van der Waals surface area contributed by atoms with Crippen LogP contribution in [0.2, 0.25) is 0 Å². The van der Waals surface area contributed by atoms with Crippen molar-refractivity contribution in [1.82, 2.24) is 0 Å². The standard InChI is InChI=1S/C13H22O.C13H20O.C12H20O2.2C10H16O.2C10H16.C2H4O3.BF3.HO4P.H2/c1-9-6-13(3)10-4-5-12(2,7-10)8-11(13)14-9;1-4-6-13(3)10-5-7-12(2,8-10)9-11(13)14;1-9-10-3-4-11(2,7-10)8-12(9)13-5-6-14-12;1-9-4-3-7(5-9)10(2)8(6-9)11-10;1-7-8-3-4-10(2,5-8)6-9(7)11;1-8-3-5-10(2)6-4-9(8)7-10;1-4-10(3)7-5-9(2)6-8-10;1-2(3)5-4;2-1(3)4;1-4-5(2)3;/h9-11H,4-8H2,1-3H3;4,10H,1,5-9H2,2-3H3;9-10H,3-8H2,1-2H3;2*7-8H,3-6H2,1-2H3;3,9H,4-7H2,1-2H3;4-5H,1,6-8H2,2-3H3;4H,1H3;;1H;1H. The van der Waals surface area contributed by atoms with E-state index >= 15 is 0 Å². The summed E-state index contributed by atoms with van der Waals surface area (Å²) in [6.45, 7) is 45.1. The Morgan fingerprint density at radius 1 is 0.684 bits per heavy atom. The van der Waals surface area contributed by atoms with Crippen molar-refractivity contribution in [2.24, 2.45) is 96.1 Å². The zero-order chi connectivity index (χ0) is 72.9. The maximum Gasteiger partial charge on any atom is 0.762 e. The van der Waals surface area contributed by atoms with Gasteiger partial charge in [0.25, 0.3) is 0 Å². The number of hydrogen-bond acceptors (Lipinski definition) is 13. The van der Waals surface area contributed by atoms with Crippen molar-refractivity contribution in [3.8, 4) is 0 Å². The van der Waals surface area contributed by atoms with Gasteiger partial charge >= 0.3 is 21.8 Å². The van der Waals surface area contributed by atoms with Gasteiger partial charge in [-0.05, 0) is 278 Å². The first-order valence-electron chi connectivity index (χ1n) is 38.0. The maximum atomic E-state index is 12.1. The fraction of sp³-hybridized carbons (Fsp3) is 0.863. The topological polar surface area (TPSA) is 190 Å². The molecule has 1 spiro atoms. The predicted octanol–water partition coefficient (Wildman–Crippen LogP) is 21.2. The quantitative estimate of drug-likeness (QED) is 0.0676. The number of ketones is 2. The molecule has 0 amide bonds. The molecule has 2 N–H and O–H groups in total. The summed E-state index contributed by atoms with van der Waals surface area (Å²) in [5, 5.41) is 14.3. The van der Waals surface area contributed by atoms with E-state index in [2.05, 4.69) is 145 Å². The van der Waals surface area contributed by atoms with E-state index in [1.54, 1.807) is 11.1 Å². The van der Waals surface area contributed by atoms with Gasteiger partial charge < -0.3 is 28.7 Å². The molecule has 13 aliphatic carbocycles. The predicted molar refractivity (Wildman–Crippen MR) is 383 cm³/mol. The molecule has 22 unspecified atom stereocenters. The molecule has 0 aromatic rings. The van der Waals surface area contributed by atoms with Crippen LogP contribution in [0.3, 0.4) is 0 Å². The van der Waals surface area contributed by atoms with Gasteiger partial charge in [-0.25, -0.2) is 10.1 Å². The number of ether oxygens (including phenoxy) is 4. The van der Waals surface area contributed by atoms with Crippen molar-refractivity contribution in [2.75, 3.05) is 13.2 Å². The molecule has 3 heterocycles. The van der Waals surface area contributed by atoms with Gasteiger partial charge in [-0.3, -0.25) is 22.5 Å². The molecule has 0 radical (unpaired) electrons. The molecule has 3 aliphatic heterocycles. The summed E-state index contributed by atoms with van der Waals surface area (Å²) < 4.78 is 64.4. The third-order valence-electron chi connectivity index (χ3n) is 28.6. The summed E-state index contributed by atoms with van der Waals surface area (Å²) in [6, 6.07) is 0. The minimum Gasteiger partial charge on any atom is -0.565 e. The summed E-state index contributed by atoms with van der Waals surface area (Å²) in [5.74, 6) is 6.06.